The molecule has 0 unspecified atom stereocenters. The molecule has 3 nitrogen and oxygen atoms in total. The predicted molar refractivity (Wildman–Crippen MR) is 127 cm³/mol. The first-order chi connectivity index (χ1) is 15.7. The first-order valence-electron chi connectivity index (χ1n) is 10.9. The van der Waals surface area contributed by atoms with E-state index in [9.17, 15) is 0 Å². The maximum Gasteiger partial charge on any atom is 0.134 e. The standard InChI is InChI=1S/C29H26O3/c1-30-26-13-9-20(10-14-26)17-22-5-3-7-24-19-25-8-4-6-23(29(25)32-28(22)24)18-21-11-15-27(31-2)16-12-21/h3-16H,17-19H2,1-2H3. The van der Waals surface area contributed by atoms with E-state index in [1.165, 1.54) is 33.4 Å². The summed E-state index contributed by atoms with van der Waals surface area (Å²) in [7, 11) is 3.38. The number of rotatable bonds is 6. The van der Waals surface area contributed by atoms with Gasteiger partial charge < -0.3 is 14.2 Å². The summed E-state index contributed by atoms with van der Waals surface area (Å²) in [5.74, 6) is 3.74. The number of para-hydroxylation sites is 2. The molecule has 0 N–H and O–H groups in total. The van der Waals surface area contributed by atoms with Gasteiger partial charge in [0.2, 0.25) is 0 Å². The van der Waals surface area contributed by atoms with Crippen LogP contribution in [0.1, 0.15) is 33.4 Å². The van der Waals surface area contributed by atoms with Gasteiger partial charge in [-0.05, 0) is 57.6 Å². The van der Waals surface area contributed by atoms with Crippen LogP contribution in [0.4, 0.5) is 0 Å². The molecule has 160 valence electrons. The van der Waals surface area contributed by atoms with E-state index in [0.29, 0.717) is 0 Å². The molecule has 0 aliphatic carbocycles. The van der Waals surface area contributed by atoms with Crippen molar-refractivity contribution in [3.05, 3.63) is 118 Å². The van der Waals surface area contributed by atoms with Crippen molar-refractivity contribution in [2.75, 3.05) is 14.2 Å². The highest BCUT2D eigenvalue weighted by atomic mass is 16.5. The first kappa shape index (κ1) is 20.2. The molecule has 0 spiro atoms. The molecule has 0 amide bonds. The van der Waals surface area contributed by atoms with Gasteiger partial charge in [0.1, 0.15) is 23.0 Å². The molecular weight excluding hydrogens is 396 g/mol. The summed E-state index contributed by atoms with van der Waals surface area (Å²) < 4.78 is 17.2. The molecule has 4 aromatic carbocycles. The zero-order valence-corrected chi connectivity index (χ0v) is 18.4. The number of fused-ring (bicyclic) bond motifs is 2. The fourth-order valence-electron chi connectivity index (χ4n) is 4.33. The van der Waals surface area contributed by atoms with Gasteiger partial charge in [-0.1, -0.05) is 60.7 Å². The minimum atomic E-state index is 0.823. The Bertz CT molecular complexity index is 1130. The molecule has 32 heavy (non-hydrogen) atoms. The molecule has 5 rings (SSSR count). The highest BCUT2D eigenvalue weighted by Crippen LogP contribution is 2.42. The second kappa shape index (κ2) is 8.80. The van der Waals surface area contributed by atoms with Crippen molar-refractivity contribution in [2.45, 2.75) is 19.3 Å². The Morgan fingerprint density at radius 3 is 1.44 bits per heavy atom. The predicted octanol–water partition coefficient (Wildman–Crippen LogP) is 6.58. The van der Waals surface area contributed by atoms with Crippen LogP contribution < -0.4 is 14.2 Å². The maximum absolute atomic E-state index is 6.62. The van der Waals surface area contributed by atoms with E-state index in [2.05, 4.69) is 60.7 Å². The van der Waals surface area contributed by atoms with Crippen LogP contribution in [0, 0.1) is 0 Å². The molecule has 4 aromatic rings. The fourth-order valence-corrected chi connectivity index (χ4v) is 4.33. The third-order valence-electron chi connectivity index (χ3n) is 6.05. The Hall–Kier alpha value is -3.72. The van der Waals surface area contributed by atoms with Crippen molar-refractivity contribution in [3.63, 3.8) is 0 Å². The quantitative estimate of drug-likeness (QED) is 0.309. The lowest BCUT2D eigenvalue weighted by Crippen LogP contribution is -2.08. The van der Waals surface area contributed by atoms with Gasteiger partial charge in [-0.3, -0.25) is 0 Å². The van der Waals surface area contributed by atoms with Gasteiger partial charge in [-0.2, -0.15) is 0 Å². The summed E-state index contributed by atoms with van der Waals surface area (Å²) in [5, 5.41) is 0. The van der Waals surface area contributed by atoms with E-state index in [1.807, 2.05) is 24.3 Å². The molecule has 0 bridgehead atoms. The van der Waals surface area contributed by atoms with Crippen molar-refractivity contribution >= 4 is 0 Å². The summed E-state index contributed by atoms with van der Waals surface area (Å²) >= 11 is 0. The molecule has 1 aliphatic rings. The van der Waals surface area contributed by atoms with Gasteiger partial charge >= 0.3 is 0 Å². The molecule has 0 aromatic heterocycles. The third kappa shape index (κ3) is 4.06. The minimum absolute atomic E-state index is 0.823. The zero-order chi connectivity index (χ0) is 21.9. The average Bonchev–Trinajstić information content (AvgIpc) is 2.84. The second-order valence-corrected chi connectivity index (χ2v) is 8.14. The lowest BCUT2D eigenvalue weighted by Gasteiger charge is -2.25. The molecule has 3 heteroatoms. The van der Waals surface area contributed by atoms with Crippen molar-refractivity contribution in [1.29, 1.82) is 0 Å². The summed E-state index contributed by atoms with van der Waals surface area (Å²) in [4.78, 5) is 0. The monoisotopic (exact) mass is 422 g/mol. The topological polar surface area (TPSA) is 27.7 Å². The number of hydrogen-bond donors (Lipinski definition) is 0. The Balaban J connectivity index is 1.44. The second-order valence-electron chi connectivity index (χ2n) is 8.14. The summed E-state index contributed by atoms with van der Waals surface area (Å²) in [5.41, 5.74) is 7.37. The maximum atomic E-state index is 6.62. The van der Waals surface area contributed by atoms with E-state index < -0.39 is 0 Å². The molecule has 1 aliphatic heterocycles. The SMILES string of the molecule is COc1ccc(Cc2cccc3c2Oc2c(Cc4ccc(OC)cc4)cccc2C3)cc1. The van der Waals surface area contributed by atoms with Crippen LogP contribution in [0.25, 0.3) is 0 Å². The van der Waals surface area contributed by atoms with Crippen LogP contribution in [0.15, 0.2) is 84.9 Å². The molecular formula is C29H26O3. The van der Waals surface area contributed by atoms with Gasteiger partial charge in [-0.15, -0.1) is 0 Å². The van der Waals surface area contributed by atoms with Crippen LogP contribution in [-0.2, 0) is 19.3 Å². The van der Waals surface area contributed by atoms with Crippen molar-refractivity contribution in [3.8, 4) is 23.0 Å². The van der Waals surface area contributed by atoms with E-state index in [-0.39, 0.29) is 0 Å². The number of methoxy groups -OCH3 is 2. The largest absolute Gasteiger partial charge is 0.497 e. The van der Waals surface area contributed by atoms with E-state index >= 15 is 0 Å². The lowest BCUT2D eigenvalue weighted by atomic mass is 9.92. The van der Waals surface area contributed by atoms with Gasteiger partial charge in [0.05, 0.1) is 14.2 Å². The Morgan fingerprint density at radius 1 is 0.594 bits per heavy atom. The zero-order valence-electron chi connectivity index (χ0n) is 18.4. The van der Waals surface area contributed by atoms with Crippen LogP contribution in [-0.4, -0.2) is 14.2 Å². The number of ether oxygens (including phenoxy) is 3. The molecule has 1 heterocycles. The van der Waals surface area contributed by atoms with Gasteiger partial charge in [0.25, 0.3) is 0 Å². The molecule has 0 fully saturated rings. The molecule has 0 saturated carbocycles. The third-order valence-corrected chi connectivity index (χ3v) is 6.05. The summed E-state index contributed by atoms with van der Waals surface area (Å²) in [6.45, 7) is 0. The van der Waals surface area contributed by atoms with Gasteiger partial charge in [0, 0.05) is 19.3 Å². The normalized spacial score (nSPS) is 11.8. The molecule has 0 atom stereocenters. The average molecular weight is 423 g/mol. The van der Waals surface area contributed by atoms with Crippen LogP contribution >= 0.6 is 0 Å². The van der Waals surface area contributed by atoms with Crippen LogP contribution in [0.5, 0.6) is 23.0 Å². The van der Waals surface area contributed by atoms with Crippen molar-refractivity contribution in [2.24, 2.45) is 0 Å². The van der Waals surface area contributed by atoms with E-state index in [0.717, 1.165) is 42.3 Å². The highest BCUT2D eigenvalue weighted by molar-refractivity contribution is 5.57. The fraction of sp³-hybridized carbons (Fsp3) is 0.172. The van der Waals surface area contributed by atoms with Crippen molar-refractivity contribution in [1.82, 2.24) is 0 Å². The van der Waals surface area contributed by atoms with Crippen LogP contribution in [0.3, 0.4) is 0 Å². The minimum Gasteiger partial charge on any atom is -0.497 e. The van der Waals surface area contributed by atoms with Gasteiger partial charge in [0.15, 0.2) is 0 Å². The Labute approximate surface area is 189 Å². The molecule has 0 saturated heterocycles. The smallest absolute Gasteiger partial charge is 0.134 e. The summed E-state index contributed by atoms with van der Waals surface area (Å²) in [6, 6.07) is 29.4. The highest BCUT2D eigenvalue weighted by Gasteiger charge is 2.22. The molecule has 0 radical (unpaired) electrons. The first-order valence-corrected chi connectivity index (χ1v) is 10.9. The van der Waals surface area contributed by atoms with Crippen LogP contribution in [0.2, 0.25) is 0 Å². The number of hydrogen-bond acceptors (Lipinski definition) is 3. The van der Waals surface area contributed by atoms with Gasteiger partial charge in [-0.25, -0.2) is 0 Å². The Kier molecular flexibility index (Phi) is 5.55. The Morgan fingerprint density at radius 2 is 1.03 bits per heavy atom. The number of benzene rings is 4. The lowest BCUT2D eigenvalue weighted by molar-refractivity contribution is 0.414. The van der Waals surface area contributed by atoms with E-state index in [4.69, 9.17) is 14.2 Å². The van der Waals surface area contributed by atoms with Crippen molar-refractivity contribution < 1.29 is 14.2 Å². The van der Waals surface area contributed by atoms with E-state index in [1.54, 1.807) is 14.2 Å². The summed E-state index contributed by atoms with van der Waals surface area (Å²) in [6.07, 6.45) is 2.53.